The zero-order chi connectivity index (χ0) is 36.5. The molecule has 0 bridgehead atoms. The molecule has 1 heterocycles. The van der Waals surface area contributed by atoms with Gasteiger partial charge in [0, 0.05) is 41.4 Å². The van der Waals surface area contributed by atoms with Gasteiger partial charge in [-0.15, -0.1) is 0 Å². The number of carbonyl (C=O) groups excluding carboxylic acids is 5. The SMILES string of the molecule is CCSC(=O)NC(=N)c1ccc(NC(=O)c2cc(C)c(OC)cc2-c2ccc(C(=O)NCC3CC3)nc2C(=O)OC(C)OC(=O)C(C)C)cc1. The van der Waals surface area contributed by atoms with Gasteiger partial charge in [-0.1, -0.05) is 32.5 Å². The molecule has 4 N–H and O–H groups in total. The molecule has 1 atom stereocenters. The highest BCUT2D eigenvalue weighted by atomic mass is 32.2. The number of amidine groups is 1. The molecular formula is C36H41N5O8S. The number of carbonyl (C=O) groups is 5. The molecule has 0 radical (unpaired) electrons. The molecule has 1 fully saturated rings. The molecule has 1 aliphatic carbocycles. The van der Waals surface area contributed by atoms with Crippen LogP contribution in [0.4, 0.5) is 10.5 Å². The van der Waals surface area contributed by atoms with Gasteiger partial charge in [0.25, 0.3) is 17.1 Å². The third-order valence-corrected chi connectivity index (χ3v) is 8.25. The number of anilines is 1. The second kappa shape index (κ2) is 16.9. The van der Waals surface area contributed by atoms with Gasteiger partial charge in [0.05, 0.1) is 13.0 Å². The van der Waals surface area contributed by atoms with E-state index < -0.39 is 36.0 Å². The van der Waals surface area contributed by atoms with Gasteiger partial charge in [0.2, 0.25) is 6.29 Å². The average molecular weight is 704 g/mol. The minimum absolute atomic E-state index is 0.0339. The summed E-state index contributed by atoms with van der Waals surface area (Å²) in [5, 5.41) is 16.0. The van der Waals surface area contributed by atoms with Crippen molar-refractivity contribution in [1.29, 1.82) is 5.41 Å². The van der Waals surface area contributed by atoms with Crippen LogP contribution < -0.4 is 20.7 Å². The third kappa shape index (κ3) is 9.91. The lowest BCUT2D eigenvalue weighted by molar-refractivity contribution is -0.169. The van der Waals surface area contributed by atoms with Crippen molar-refractivity contribution in [1.82, 2.24) is 15.6 Å². The standard InChI is InChI=1S/C36H41N5O8S/c1-7-50-36(46)41-31(37)23-10-12-24(13-11-23)39-32(42)27-16-20(4)29(47-6)17-26(27)25-14-15-28(33(43)38-18-22-8-9-22)40-30(25)35(45)49-21(5)48-34(44)19(2)3/h10-17,19,21-22H,7-9,18H2,1-6H3,(H,38,43)(H,39,42)(H2,37,41,46). The van der Waals surface area contributed by atoms with Gasteiger partial charge < -0.3 is 30.2 Å². The lowest BCUT2D eigenvalue weighted by atomic mass is 9.94. The first-order chi connectivity index (χ1) is 23.8. The number of benzene rings is 2. The van der Waals surface area contributed by atoms with Crippen LogP contribution in [-0.4, -0.2) is 65.5 Å². The van der Waals surface area contributed by atoms with Crippen LogP contribution >= 0.6 is 11.8 Å². The third-order valence-electron chi connectivity index (χ3n) is 7.60. The maximum absolute atomic E-state index is 13.9. The number of aromatic nitrogens is 1. The number of amides is 3. The fraction of sp³-hybridized carbons (Fsp3) is 0.361. The van der Waals surface area contributed by atoms with E-state index in [0.29, 0.717) is 40.8 Å². The topological polar surface area (TPSA) is 186 Å². The van der Waals surface area contributed by atoms with Crippen LogP contribution in [0.25, 0.3) is 11.1 Å². The van der Waals surface area contributed by atoms with Crippen molar-refractivity contribution in [3.05, 3.63) is 76.6 Å². The first-order valence-electron chi connectivity index (χ1n) is 16.1. The summed E-state index contributed by atoms with van der Waals surface area (Å²) >= 11 is 1.05. The molecule has 264 valence electrons. The molecule has 1 aliphatic rings. The van der Waals surface area contributed by atoms with Gasteiger partial charge in [-0.25, -0.2) is 9.78 Å². The Morgan fingerprint density at radius 2 is 1.66 bits per heavy atom. The predicted molar refractivity (Wildman–Crippen MR) is 190 cm³/mol. The molecule has 3 amide bonds. The lowest BCUT2D eigenvalue weighted by Crippen LogP contribution is -2.28. The smallest absolute Gasteiger partial charge is 0.360 e. The highest BCUT2D eigenvalue weighted by Crippen LogP contribution is 2.34. The van der Waals surface area contributed by atoms with Crippen molar-refractivity contribution >= 4 is 52.3 Å². The van der Waals surface area contributed by atoms with Crippen molar-refractivity contribution in [2.45, 2.75) is 53.8 Å². The highest BCUT2D eigenvalue weighted by molar-refractivity contribution is 8.13. The van der Waals surface area contributed by atoms with E-state index in [-0.39, 0.29) is 39.2 Å². The normalized spacial score (nSPS) is 12.8. The van der Waals surface area contributed by atoms with Gasteiger partial charge in [0.1, 0.15) is 17.3 Å². The zero-order valence-electron chi connectivity index (χ0n) is 28.8. The molecule has 1 saturated carbocycles. The first kappa shape index (κ1) is 37.6. The maximum Gasteiger partial charge on any atom is 0.360 e. The van der Waals surface area contributed by atoms with Crippen LogP contribution in [0.2, 0.25) is 0 Å². The van der Waals surface area contributed by atoms with E-state index >= 15 is 0 Å². The monoisotopic (exact) mass is 703 g/mol. The summed E-state index contributed by atoms with van der Waals surface area (Å²) in [6.45, 7) is 8.76. The van der Waals surface area contributed by atoms with Gasteiger partial charge in [0.15, 0.2) is 5.69 Å². The van der Waals surface area contributed by atoms with Crippen LogP contribution in [0.1, 0.15) is 83.0 Å². The second-order valence-corrected chi connectivity index (χ2v) is 13.2. The van der Waals surface area contributed by atoms with E-state index in [2.05, 4.69) is 20.9 Å². The van der Waals surface area contributed by atoms with Gasteiger partial charge in [-0.2, -0.15) is 0 Å². The number of nitrogens with zero attached hydrogens (tertiary/aromatic N) is 1. The zero-order valence-corrected chi connectivity index (χ0v) is 29.6. The molecule has 0 spiro atoms. The fourth-order valence-electron chi connectivity index (χ4n) is 4.72. The van der Waals surface area contributed by atoms with Crippen LogP contribution in [0.3, 0.4) is 0 Å². The molecular weight excluding hydrogens is 662 g/mol. The average Bonchev–Trinajstić information content (AvgIpc) is 3.91. The van der Waals surface area contributed by atoms with Crippen LogP contribution in [-0.2, 0) is 14.3 Å². The Morgan fingerprint density at radius 1 is 0.960 bits per heavy atom. The molecule has 14 heteroatoms. The number of esters is 2. The highest BCUT2D eigenvalue weighted by Gasteiger charge is 2.28. The van der Waals surface area contributed by atoms with E-state index in [1.54, 1.807) is 57.2 Å². The number of hydrogen-bond acceptors (Lipinski definition) is 11. The van der Waals surface area contributed by atoms with E-state index in [9.17, 15) is 24.0 Å². The number of ether oxygens (including phenoxy) is 3. The van der Waals surface area contributed by atoms with Crippen LogP contribution in [0.5, 0.6) is 5.75 Å². The molecule has 3 aromatic rings. The van der Waals surface area contributed by atoms with Gasteiger partial charge in [-0.3, -0.25) is 24.6 Å². The molecule has 0 saturated heterocycles. The van der Waals surface area contributed by atoms with E-state index in [1.807, 2.05) is 6.92 Å². The number of thioether (sulfide) groups is 1. The summed E-state index contributed by atoms with van der Waals surface area (Å²) in [7, 11) is 1.47. The Balaban J connectivity index is 1.70. The molecule has 0 aliphatic heterocycles. The van der Waals surface area contributed by atoms with E-state index in [4.69, 9.17) is 19.6 Å². The summed E-state index contributed by atoms with van der Waals surface area (Å²) in [4.78, 5) is 68.9. The molecule has 1 unspecified atom stereocenters. The quantitative estimate of drug-likeness (QED) is 0.0718. The predicted octanol–water partition coefficient (Wildman–Crippen LogP) is 5.95. The van der Waals surface area contributed by atoms with Gasteiger partial charge in [-0.05, 0) is 85.5 Å². The van der Waals surface area contributed by atoms with Crippen LogP contribution in [0, 0.1) is 24.2 Å². The minimum atomic E-state index is -1.27. The molecule has 13 nitrogen and oxygen atoms in total. The largest absolute Gasteiger partial charge is 0.496 e. The van der Waals surface area contributed by atoms with Crippen molar-refractivity contribution in [3.63, 3.8) is 0 Å². The Hall–Kier alpha value is -5.24. The van der Waals surface area contributed by atoms with Crippen molar-refractivity contribution in [2.24, 2.45) is 11.8 Å². The van der Waals surface area contributed by atoms with Crippen molar-refractivity contribution < 1.29 is 38.2 Å². The van der Waals surface area contributed by atoms with E-state index in [0.717, 1.165) is 24.6 Å². The molecule has 2 aromatic carbocycles. The number of nitrogens with one attached hydrogen (secondary N) is 4. The Kier molecular flexibility index (Phi) is 12.7. The molecule has 4 rings (SSSR count). The summed E-state index contributed by atoms with van der Waals surface area (Å²) in [6.07, 6.45) is 0.793. The molecule has 50 heavy (non-hydrogen) atoms. The maximum atomic E-state index is 13.9. The second-order valence-electron chi connectivity index (χ2n) is 11.9. The Morgan fingerprint density at radius 3 is 2.28 bits per heavy atom. The fourth-order valence-corrected chi connectivity index (χ4v) is 5.15. The minimum Gasteiger partial charge on any atom is -0.496 e. The number of methoxy groups -OCH3 is 1. The summed E-state index contributed by atoms with van der Waals surface area (Å²) < 4.78 is 16.2. The number of rotatable bonds is 13. The summed E-state index contributed by atoms with van der Waals surface area (Å²) in [5.74, 6) is -1.69. The first-order valence-corrected chi connectivity index (χ1v) is 17.1. The van der Waals surface area contributed by atoms with Crippen LogP contribution in [0.15, 0.2) is 48.5 Å². The lowest BCUT2D eigenvalue weighted by Gasteiger charge is -2.19. The summed E-state index contributed by atoms with van der Waals surface area (Å²) in [6, 6.07) is 12.5. The van der Waals surface area contributed by atoms with Crippen molar-refractivity contribution in [3.8, 4) is 16.9 Å². The number of aryl methyl sites for hydroxylation is 1. The summed E-state index contributed by atoms with van der Waals surface area (Å²) in [5.41, 5.74) is 1.76. The number of pyridine rings is 1. The number of hydrogen-bond donors (Lipinski definition) is 4. The van der Waals surface area contributed by atoms with E-state index in [1.165, 1.54) is 26.2 Å². The molecule has 1 aromatic heterocycles. The van der Waals surface area contributed by atoms with Gasteiger partial charge >= 0.3 is 11.9 Å². The Bertz CT molecular complexity index is 1790. The van der Waals surface area contributed by atoms with Crippen molar-refractivity contribution in [2.75, 3.05) is 24.7 Å². The Labute approximate surface area is 294 Å².